The van der Waals surface area contributed by atoms with Crippen LogP contribution < -0.4 is 0 Å². The monoisotopic (exact) mass is 471 g/mol. The first kappa shape index (κ1) is 22.8. The van der Waals surface area contributed by atoms with Crippen molar-refractivity contribution in [1.29, 1.82) is 0 Å². The first-order valence-electron chi connectivity index (χ1n) is 10.3. The van der Waals surface area contributed by atoms with Crippen LogP contribution in [0.5, 0.6) is 0 Å². The van der Waals surface area contributed by atoms with Gasteiger partial charge in [-0.05, 0) is 29.8 Å². The number of carbonyl (C=O) groups is 1. The lowest BCUT2D eigenvalue weighted by Crippen LogP contribution is -2.49. The van der Waals surface area contributed by atoms with Crippen molar-refractivity contribution in [1.82, 2.24) is 19.9 Å². The van der Waals surface area contributed by atoms with Gasteiger partial charge in [0, 0.05) is 48.9 Å². The molecule has 0 aliphatic carbocycles. The van der Waals surface area contributed by atoms with Gasteiger partial charge in [0.15, 0.2) is 0 Å². The summed E-state index contributed by atoms with van der Waals surface area (Å²) in [5.41, 5.74) is 1.48. The first-order valence-corrected chi connectivity index (χ1v) is 10.7. The third kappa shape index (κ3) is 5.36. The van der Waals surface area contributed by atoms with Crippen LogP contribution in [-0.2, 0) is 16.1 Å². The summed E-state index contributed by atoms with van der Waals surface area (Å²) in [6.07, 6.45) is 0. The number of esters is 1. The lowest BCUT2D eigenvalue weighted by atomic mass is 10.0. The van der Waals surface area contributed by atoms with Gasteiger partial charge in [-0.2, -0.15) is 4.98 Å². The second-order valence-electron chi connectivity index (χ2n) is 7.61. The fourth-order valence-electron chi connectivity index (χ4n) is 3.79. The minimum atomic E-state index is -0.494. The van der Waals surface area contributed by atoms with E-state index in [1.807, 2.05) is 12.1 Å². The molecule has 10 nitrogen and oxygen atoms in total. The molecule has 1 atom stereocenters. The zero-order chi connectivity index (χ0) is 23.4. The molecule has 33 heavy (non-hydrogen) atoms. The molecule has 1 aliphatic heterocycles. The van der Waals surface area contributed by atoms with E-state index in [1.165, 1.54) is 19.2 Å². The highest BCUT2D eigenvalue weighted by atomic mass is 35.5. The topological polar surface area (TPSA) is 115 Å². The number of nitrogens with zero attached hydrogens (tertiary/aromatic N) is 5. The van der Waals surface area contributed by atoms with Gasteiger partial charge in [-0.15, -0.1) is 0 Å². The smallest absolute Gasteiger partial charge is 0.327 e. The van der Waals surface area contributed by atoms with Crippen LogP contribution in [0.2, 0.25) is 5.02 Å². The molecule has 1 unspecified atom stereocenters. The molecule has 2 aromatic carbocycles. The Hall–Kier alpha value is -3.34. The molecule has 1 aliphatic rings. The van der Waals surface area contributed by atoms with Gasteiger partial charge in [-0.1, -0.05) is 28.9 Å². The Balaban J connectivity index is 1.37. The molecule has 0 amide bonds. The summed E-state index contributed by atoms with van der Waals surface area (Å²) in [6.45, 7) is 3.20. The summed E-state index contributed by atoms with van der Waals surface area (Å²) in [5.74, 6) is 0.529. The van der Waals surface area contributed by atoms with Gasteiger partial charge in [-0.25, -0.2) is 4.79 Å². The molecule has 11 heteroatoms. The van der Waals surface area contributed by atoms with Crippen LogP contribution in [0.3, 0.4) is 0 Å². The molecule has 0 saturated carbocycles. The summed E-state index contributed by atoms with van der Waals surface area (Å²) in [6, 6.07) is 12.7. The molecule has 0 bridgehead atoms. The molecule has 4 rings (SSSR count). The van der Waals surface area contributed by atoms with Crippen molar-refractivity contribution in [2.24, 2.45) is 0 Å². The Morgan fingerprint density at radius 2 is 1.82 bits per heavy atom. The molecule has 2 heterocycles. The fourth-order valence-corrected chi connectivity index (χ4v) is 3.92. The van der Waals surface area contributed by atoms with Gasteiger partial charge in [0.1, 0.15) is 6.04 Å². The summed E-state index contributed by atoms with van der Waals surface area (Å²) in [7, 11) is 1.39. The number of nitro groups is 1. The summed E-state index contributed by atoms with van der Waals surface area (Å²) >= 11 is 5.99. The fraction of sp³-hybridized carbons (Fsp3) is 0.318. The SMILES string of the molecule is COC(=O)C(c1ccc(Cl)cc1)N1CCN(Cc2nc(-c3ccc([N+](=O)[O-])cc3)no2)CC1. The van der Waals surface area contributed by atoms with Crippen molar-refractivity contribution in [3.05, 3.63) is 75.1 Å². The van der Waals surface area contributed by atoms with E-state index >= 15 is 0 Å². The Labute approximate surface area is 194 Å². The predicted octanol–water partition coefficient (Wildman–Crippen LogP) is 3.33. The summed E-state index contributed by atoms with van der Waals surface area (Å²) in [4.78, 5) is 31.5. The molecule has 3 aromatic rings. The van der Waals surface area contributed by atoms with Crippen LogP contribution in [-0.4, -0.2) is 64.1 Å². The maximum absolute atomic E-state index is 12.5. The maximum atomic E-state index is 12.5. The number of aromatic nitrogens is 2. The molecule has 0 radical (unpaired) electrons. The number of ether oxygens (including phenoxy) is 1. The second-order valence-corrected chi connectivity index (χ2v) is 8.04. The van der Waals surface area contributed by atoms with E-state index in [0.717, 1.165) is 5.56 Å². The van der Waals surface area contributed by atoms with E-state index < -0.39 is 11.0 Å². The van der Waals surface area contributed by atoms with Crippen LogP contribution in [0.1, 0.15) is 17.5 Å². The van der Waals surface area contributed by atoms with E-state index in [-0.39, 0.29) is 11.7 Å². The Kier molecular flexibility index (Phi) is 6.97. The number of halogens is 1. The van der Waals surface area contributed by atoms with Crippen molar-refractivity contribution in [2.75, 3.05) is 33.3 Å². The molecular weight excluding hydrogens is 450 g/mol. The number of piperazine rings is 1. The van der Waals surface area contributed by atoms with E-state index in [9.17, 15) is 14.9 Å². The van der Waals surface area contributed by atoms with Crippen LogP contribution in [0, 0.1) is 10.1 Å². The Morgan fingerprint density at radius 3 is 2.42 bits per heavy atom. The van der Waals surface area contributed by atoms with E-state index in [2.05, 4.69) is 19.9 Å². The number of methoxy groups -OCH3 is 1. The maximum Gasteiger partial charge on any atom is 0.327 e. The van der Waals surface area contributed by atoms with Crippen molar-refractivity contribution in [3.63, 3.8) is 0 Å². The average molecular weight is 472 g/mol. The molecule has 1 aromatic heterocycles. The highest BCUT2D eigenvalue weighted by molar-refractivity contribution is 6.30. The second kappa shape index (κ2) is 10.1. The lowest BCUT2D eigenvalue weighted by molar-refractivity contribution is -0.384. The quantitative estimate of drug-likeness (QED) is 0.290. The minimum absolute atomic E-state index is 0.00389. The number of non-ortho nitro benzene ring substituents is 1. The van der Waals surface area contributed by atoms with Gasteiger partial charge in [0.05, 0.1) is 18.6 Å². The summed E-state index contributed by atoms with van der Waals surface area (Å²) in [5, 5.41) is 15.4. The highest BCUT2D eigenvalue weighted by Gasteiger charge is 2.31. The molecular formula is C22H22ClN5O5. The van der Waals surface area contributed by atoms with Crippen molar-refractivity contribution < 1.29 is 19.0 Å². The molecule has 1 saturated heterocycles. The third-order valence-corrected chi connectivity index (χ3v) is 5.80. The number of hydrogen-bond acceptors (Lipinski definition) is 9. The normalized spacial score (nSPS) is 15.8. The predicted molar refractivity (Wildman–Crippen MR) is 119 cm³/mol. The van der Waals surface area contributed by atoms with Crippen LogP contribution in [0.25, 0.3) is 11.4 Å². The summed E-state index contributed by atoms with van der Waals surface area (Å²) < 4.78 is 10.4. The van der Waals surface area contributed by atoms with E-state index in [0.29, 0.717) is 55.0 Å². The zero-order valence-electron chi connectivity index (χ0n) is 17.9. The van der Waals surface area contributed by atoms with Gasteiger partial charge >= 0.3 is 5.97 Å². The Morgan fingerprint density at radius 1 is 1.15 bits per heavy atom. The molecule has 0 N–H and O–H groups in total. The van der Waals surface area contributed by atoms with Crippen LogP contribution in [0.15, 0.2) is 53.1 Å². The number of nitro benzene ring substituents is 1. The largest absolute Gasteiger partial charge is 0.468 e. The molecule has 0 spiro atoms. The van der Waals surface area contributed by atoms with Crippen molar-refractivity contribution >= 4 is 23.3 Å². The highest BCUT2D eigenvalue weighted by Crippen LogP contribution is 2.26. The van der Waals surface area contributed by atoms with Gasteiger partial charge < -0.3 is 9.26 Å². The van der Waals surface area contributed by atoms with E-state index in [1.54, 1.807) is 24.3 Å². The van der Waals surface area contributed by atoms with Crippen molar-refractivity contribution in [3.8, 4) is 11.4 Å². The van der Waals surface area contributed by atoms with Crippen LogP contribution in [0.4, 0.5) is 5.69 Å². The first-order chi connectivity index (χ1) is 15.9. The Bertz CT molecular complexity index is 1110. The van der Waals surface area contributed by atoms with Gasteiger partial charge in [0.25, 0.3) is 5.69 Å². The number of benzene rings is 2. The van der Waals surface area contributed by atoms with Crippen LogP contribution >= 0.6 is 11.6 Å². The van der Waals surface area contributed by atoms with E-state index in [4.69, 9.17) is 20.9 Å². The average Bonchev–Trinajstić information content (AvgIpc) is 3.30. The van der Waals surface area contributed by atoms with Gasteiger partial charge in [0.2, 0.25) is 11.7 Å². The molecule has 172 valence electrons. The third-order valence-electron chi connectivity index (χ3n) is 5.55. The minimum Gasteiger partial charge on any atom is -0.468 e. The lowest BCUT2D eigenvalue weighted by Gasteiger charge is -2.37. The zero-order valence-corrected chi connectivity index (χ0v) is 18.6. The van der Waals surface area contributed by atoms with Crippen molar-refractivity contribution in [2.45, 2.75) is 12.6 Å². The van der Waals surface area contributed by atoms with Gasteiger partial charge in [-0.3, -0.25) is 19.9 Å². The number of hydrogen-bond donors (Lipinski definition) is 0. The molecule has 1 fully saturated rings. The number of rotatable bonds is 7. The number of carbonyl (C=O) groups excluding carboxylic acids is 1. The standard InChI is InChI=1S/C22H22ClN5O5/c1-32-22(29)20(15-2-6-17(23)7-3-15)27-12-10-26(11-13-27)14-19-24-21(25-33-19)16-4-8-18(9-5-16)28(30)31/h2-9,20H,10-14H2,1H3.